The van der Waals surface area contributed by atoms with Crippen molar-refractivity contribution in [1.29, 1.82) is 0 Å². The van der Waals surface area contributed by atoms with Gasteiger partial charge in [-0.25, -0.2) is 4.79 Å². The summed E-state index contributed by atoms with van der Waals surface area (Å²) >= 11 is 1.15. The molecule has 1 aliphatic heterocycles. The van der Waals surface area contributed by atoms with Crippen LogP contribution in [-0.2, 0) is 9.59 Å². The molecule has 5 nitrogen and oxygen atoms in total. The summed E-state index contributed by atoms with van der Waals surface area (Å²) < 4.78 is 0. The lowest BCUT2D eigenvalue weighted by molar-refractivity contribution is -0.138. The van der Waals surface area contributed by atoms with E-state index in [0.717, 1.165) is 18.2 Å². The second-order valence-corrected chi connectivity index (χ2v) is 5.74. The van der Waals surface area contributed by atoms with Crippen molar-refractivity contribution in [2.45, 2.75) is 29.9 Å². The number of aromatic carboxylic acids is 1. The van der Waals surface area contributed by atoms with Gasteiger partial charge in [-0.05, 0) is 18.6 Å². The summed E-state index contributed by atoms with van der Waals surface area (Å²) in [5.41, 5.74) is 0.159. The predicted molar refractivity (Wildman–Crippen MR) is 74.7 cm³/mol. The Morgan fingerprint density at radius 1 is 1.40 bits per heavy atom. The van der Waals surface area contributed by atoms with Gasteiger partial charge in [0.2, 0.25) is 11.8 Å². The second kappa shape index (κ2) is 6.09. The van der Waals surface area contributed by atoms with Crippen LogP contribution < -0.4 is 0 Å². The van der Waals surface area contributed by atoms with Gasteiger partial charge in [0, 0.05) is 17.9 Å². The minimum atomic E-state index is -1.03. The molecule has 20 heavy (non-hydrogen) atoms. The Balaban J connectivity index is 2.18. The zero-order valence-electron chi connectivity index (χ0n) is 11.0. The number of carbonyl (C=O) groups excluding carboxylic acids is 2. The number of thioether (sulfide) groups is 1. The molecule has 1 aromatic rings. The summed E-state index contributed by atoms with van der Waals surface area (Å²) in [4.78, 5) is 36.8. The van der Waals surface area contributed by atoms with Crippen molar-refractivity contribution in [1.82, 2.24) is 4.90 Å². The van der Waals surface area contributed by atoms with Gasteiger partial charge in [0.15, 0.2) is 0 Å². The lowest BCUT2D eigenvalue weighted by atomic mass is 10.2. The van der Waals surface area contributed by atoms with Crippen molar-refractivity contribution < 1.29 is 19.5 Å². The molecule has 6 heteroatoms. The monoisotopic (exact) mass is 293 g/mol. The Bertz CT molecular complexity index is 558. The summed E-state index contributed by atoms with van der Waals surface area (Å²) in [5, 5.41) is 8.60. The van der Waals surface area contributed by atoms with Gasteiger partial charge >= 0.3 is 5.97 Å². The Labute approximate surface area is 121 Å². The number of benzene rings is 1. The van der Waals surface area contributed by atoms with Gasteiger partial charge in [-0.3, -0.25) is 14.5 Å². The number of likely N-dealkylation sites (tertiary alicyclic amines) is 1. The third-order valence-corrected chi connectivity index (χ3v) is 4.30. The molecular weight excluding hydrogens is 278 g/mol. The number of carboxylic acid groups (broad SMARTS) is 1. The van der Waals surface area contributed by atoms with E-state index in [4.69, 9.17) is 5.11 Å². The van der Waals surface area contributed by atoms with E-state index >= 15 is 0 Å². The molecule has 0 aromatic heterocycles. The van der Waals surface area contributed by atoms with E-state index in [1.807, 2.05) is 6.92 Å². The highest BCUT2D eigenvalue weighted by Gasteiger charge is 2.38. The average molecular weight is 293 g/mol. The number of rotatable bonds is 5. The van der Waals surface area contributed by atoms with Gasteiger partial charge < -0.3 is 5.11 Å². The number of carbonyl (C=O) groups is 3. The summed E-state index contributed by atoms with van der Waals surface area (Å²) in [5.74, 6) is -1.43. The van der Waals surface area contributed by atoms with E-state index in [1.165, 1.54) is 11.0 Å². The summed E-state index contributed by atoms with van der Waals surface area (Å²) in [6, 6.07) is 6.52. The standard InChI is InChI=1S/C14H15NO4S/c1-2-7-15-12(16)8-11(13(15)17)20-10-6-4-3-5-9(10)14(18)19/h3-6,11H,2,7-8H2,1H3,(H,18,19). The molecular formula is C14H15NO4S. The Kier molecular flexibility index (Phi) is 4.44. The molecule has 0 spiro atoms. The maximum absolute atomic E-state index is 12.1. The maximum atomic E-state index is 12.1. The smallest absolute Gasteiger partial charge is 0.336 e. The van der Waals surface area contributed by atoms with Crippen LogP contribution in [0.2, 0.25) is 0 Å². The third kappa shape index (κ3) is 2.85. The molecule has 1 aromatic carbocycles. The van der Waals surface area contributed by atoms with Crippen LogP contribution in [0.15, 0.2) is 29.2 Å². The first-order chi connectivity index (χ1) is 9.54. The van der Waals surface area contributed by atoms with E-state index in [1.54, 1.807) is 18.2 Å². The number of amides is 2. The van der Waals surface area contributed by atoms with Crippen molar-refractivity contribution >= 4 is 29.5 Å². The van der Waals surface area contributed by atoms with Gasteiger partial charge in [0.05, 0.1) is 10.8 Å². The fraction of sp³-hybridized carbons (Fsp3) is 0.357. The van der Waals surface area contributed by atoms with Crippen LogP contribution in [0.3, 0.4) is 0 Å². The molecule has 0 bridgehead atoms. The topological polar surface area (TPSA) is 74.7 Å². The molecule has 1 heterocycles. The highest BCUT2D eigenvalue weighted by molar-refractivity contribution is 8.00. The molecule has 1 unspecified atom stereocenters. The first kappa shape index (κ1) is 14.6. The Morgan fingerprint density at radius 2 is 2.10 bits per heavy atom. The summed E-state index contributed by atoms with van der Waals surface area (Å²) in [7, 11) is 0. The number of hydrogen-bond acceptors (Lipinski definition) is 4. The van der Waals surface area contributed by atoms with E-state index in [-0.39, 0.29) is 23.8 Å². The lowest BCUT2D eigenvalue weighted by Gasteiger charge is -2.13. The second-order valence-electron chi connectivity index (χ2n) is 4.50. The van der Waals surface area contributed by atoms with Crippen LogP contribution in [0, 0.1) is 0 Å². The highest BCUT2D eigenvalue weighted by atomic mass is 32.2. The minimum Gasteiger partial charge on any atom is -0.478 e. The summed E-state index contributed by atoms with van der Waals surface area (Å²) in [6.45, 7) is 2.33. The molecule has 0 radical (unpaired) electrons. The number of hydrogen-bond donors (Lipinski definition) is 1. The average Bonchev–Trinajstić information content (AvgIpc) is 2.67. The lowest BCUT2D eigenvalue weighted by Crippen LogP contribution is -2.31. The largest absolute Gasteiger partial charge is 0.478 e. The SMILES string of the molecule is CCCN1C(=O)CC(Sc2ccccc2C(=O)O)C1=O. The predicted octanol–water partition coefficient (Wildman–Crippen LogP) is 2.01. The maximum Gasteiger partial charge on any atom is 0.336 e. The van der Waals surface area contributed by atoms with Crippen molar-refractivity contribution in [3.05, 3.63) is 29.8 Å². The van der Waals surface area contributed by atoms with Crippen LogP contribution in [0.4, 0.5) is 0 Å². The van der Waals surface area contributed by atoms with Crippen molar-refractivity contribution in [3.8, 4) is 0 Å². The van der Waals surface area contributed by atoms with Gasteiger partial charge in [-0.1, -0.05) is 19.1 Å². The Morgan fingerprint density at radius 3 is 2.75 bits per heavy atom. The van der Waals surface area contributed by atoms with E-state index in [9.17, 15) is 14.4 Å². The van der Waals surface area contributed by atoms with Crippen molar-refractivity contribution in [2.24, 2.45) is 0 Å². The normalized spacial score (nSPS) is 18.6. The first-order valence-corrected chi connectivity index (χ1v) is 7.25. The molecule has 0 aliphatic carbocycles. The van der Waals surface area contributed by atoms with Crippen LogP contribution >= 0.6 is 11.8 Å². The van der Waals surface area contributed by atoms with E-state index in [2.05, 4.69) is 0 Å². The van der Waals surface area contributed by atoms with Gasteiger partial charge in [-0.15, -0.1) is 11.8 Å². The molecule has 1 saturated heterocycles. The molecule has 2 amide bonds. The van der Waals surface area contributed by atoms with E-state index < -0.39 is 11.2 Å². The van der Waals surface area contributed by atoms with Crippen molar-refractivity contribution in [3.63, 3.8) is 0 Å². The first-order valence-electron chi connectivity index (χ1n) is 6.37. The number of imide groups is 1. The van der Waals surface area contributed by atoms with Crippen LogP contribution in [0.1, 0.15) is 30.1 Å². The molecule has 2 rings (SSSR count). The van der Waals surface area contributed by atoms with Crippen LogP contribution in [-0.4, -0.2) is 39.6 Å². The Hall–Kier alpha value is -1.82. The van der Waals surface area contributed by atoms with Crippen LogP contribution in [0.25, 0.3) is 0 Å². The van der Waals surface area contributed by atoms with Gasteiger partial charge in [0.1, 0.15) is 0 Å². The molecule has 1 aliphatic rings. The molecule has 106 valence electrons. The number of carboxylic acids is 1. The van der Waals surface area contributed by atoms with Crippen molar-refractivity contribution in [2.75, 3.05) is 6.54 Å². The molecule has 1 fully saturated rings. The zero-order chi connectivity index (χ0) is 14.7. The zero-order valence-corrected chi connectivity index (χ0v) is 11.9. The quantitative estimate of drug-likeness (QED) is 0.841. The molecule has 0 saturated carbocycles. The minimum absolute atomic E-state index is 0.136. The van der Waals surface area contributed by atoms with Gasteiger partial charge in [0.25, 0.3) is 0 Å². The molecule has 1 atom stereocenters. The third-order valence-electron chi connectivity index (χ3n) is 3.04. The fourth-order valence-electron chi connectivity index (χ4n) is 2.10. The van der Waals surface area contributed by atoms with E-state index in [0.29, 0.717) is 11.4 Å². The number of nitrogens with zero attached hydrogens (tertiary/aromatic N) is 1. The van der Waals surface area contributed by atoms with Gasteiger partial charge in [-0.2, -0.15) is 0 Å². The fourth-order valence-corrected chi connectivity index (χ4v) is 3.30. The molecule has 1 N–H and O–H groups in total. The van der Waals surface area contributed by atoms with Crippen LogP contribution in [0.5, 0.6) is 0 Å². The highest BCUT2D eigenvalue weighted by Crippen LogP contribution is 2.33. The summed E-state index contributed by atoms with van der Waals surface area (Å²) in [6.07, 6.45) is 0.859.